The SMILES string of the molecule is NCCCC[C@H](N)C(=O)O.O=NO. The highest BCUT2D eigenvalue weighted by atomic mass is 16.6. The predicted octanol–water partition coefficient (Wildman–Crippen LogP) is -0.331. The second-order valence-corrected chi connectivity index (χ2v) is 2.31. The molecular weight excluding hydrogens is 178 g/mol. The van der Waals surface area contributed by atoms with E-state index in [2.05, 4.69) is 0 Å². The van der Waals surface area contributed by atoms with Crippen molar-refractivity contribution in [3.05, 3.63) is 4.91 Å². The van der Waals surface area contributed by atoms with Gasteiger partial charge in [-0.25, -0.2) is 0 Å². The molecule has 6 N–H and O–H groups in total. The van der Waals surface area contributed by atoms with E-state index in [0.29, 0.717) is 13.0 Å². The summed E-state index contributed by atoms with van der Waals surface area (Å²) in [4.78, 5) is 18.2. The first-order valence-electron chi connectivity index (χ1n) is 3.75. The molecule has 7 heteroatoms. The number of hydrogen-bond donors (Lipinski definition) is 4. The number of carbonyl (C=O) groups is 1. The largest absolute Gasteiger partial charge is 0.480 e. The van der Waals surface area contributed by atoms with Gasteiger partial charge in [0.1, 0.15) is 6.04 Å². The van der Waals surface area contributed by atoms with Crippen molar-refractivity contribution in [1.82, 2.24) is 0 Å². The van der Waals surface area contributed by atoms with Gasteiger partial charge in [-0.2, -0.15) is 0 Å². The van der Waals surface area contributed by atoms with Gasteiger partial charge in [0, 0.05) is 0 Å². The normalized spacial score (nSPS) is 10.9. The number of aliphatic carboxylic acids is 1. The van der Waals surface area contributed by atoms with Crippen LogP contribution in [-0.2, 0) is 4.79 Å². The van der Waals surface area contributed by atoms with E-state index in [9.17, 15) is 4.79 Å². The van der Waals surface area contributed by atoms with Crippen LogP contribution in [0.2, 0.25) is 0 Å². The summed E-state index contributed by atoms with van der Waals surface area (Å²) in [6.07, 6.45) is 2.16. The standard InChI is InChI=1S/C6H14N2O2.HNO2/c7-4-2-1-3-5(8)6(9)10;2-1-3/h5H,1-4,7-8H2,(H,9,10);(H,2,3)/t5-;/m0./s1. The summed E-state index contributed by atoms with van der Waals surface area (Å²) in [7, 11) is 0. The van der Waals surface area contributed by atoms with Crippen molar-refractivity contribution in [2.75, 3.05) is 6.54 Å². The molecular formula is C6H15N3O4. The van der Waals surface area contributed by atoms with Crippen LogP contribution in [0, 0.1) is 4.91 Å². The minimum atomic E-state index is -0.933. The number of carboxylic acids is 1. The summed E-state index contributed by atoms with van der Waals surface area (Å²) < 4.78 is 0. The Labute approximate surface area is 75.6 Å². The lowest BCUT2D eigenvalue weighted by molar-refractivity contribution is -0.138. The fraction of sp³-hybridized carbons (Fsp3) is 0.833. The van der Waals surface area contributed by atoms with Crippen LogP contribution in [-0.4, -0.2) is 28.9 Å². The fourth-order valence-corrected chi connectivity index (χ4v) is 0.632. The van der Waals surface area contributed by atoms with Crippen molar-refractivity contribution < 1.29 is 15.1 Å². The van der Waals surface area contributed by atoms with E-state index in [-0.39, 0.29) is 0 Å². The van der Waals surface area contributed by atoms with Gasteiger partial charge >= 0.3 is 5.97 Å². The van der Waals surface area contributed by atoms with E-state index in [1.54, 1.807) is 0 Å². The molecule has 1 atom stereocenters. The average Bonchev–Trinajstić information content (AvgIpc) is 2.06. The van der Waals surface area contributed by atoms with Gasteiger partial charge in [0.05, 0.1) is 0 Å². The van der Waals surface area contributed by atoms with Crippen molar-refractivity contribution in [3.63, 3.8) is 0 Å². The van der Waals surface area contributed by atoms with Gasteiger partial charge in [0.15, 0.2) is 5.34 Å². The first-order valence-corrected chi connectivity index (χ1v) is 3.75. The molecule has 7 nitrogen and oxygen atoms in total. The molecule has 0 radical (unpaired) electrons. The minimum Gasteiger partial charge on any atom is -0.480 e. The molecule has 0 aromatic carbocycles. The van der Waals surface area contributed by atoms with Gasteiger partial charge in [-0.1, -0.05) is 6.42 Å². The third kappa shape index (κ3) is 13.7. The zero-order valence-corrected chi connectivity index (χ0v) is 7.22. The van der Waals surface area contributed by atoms with Crippen LogP contribution in [0.5, 0.6) is 0 Å². The summed E-state index contributed by atoms with van der Waals surface area (Å²) in [6.45, 7) is 0.604. The summed E-state index contributed by atoms with van der Waals surface area (Å²) in [5.41, 5.74) is 10.4. The topological polar surface area (TPSA) is 139 Å². The number of carboxylic acid groups (broad SMARTS) is 1. The molecule has 78 valence electrons. The summed E-state index contributed by atoms with van der Waals surface area (Å²) >= 11 is 0. The maximum atomic E-state index is 10.1. The third-order valence-corrected chi connectivity index (χ3v) is 1.29. The number of unbranched alkanes of at least 4 members (excludes halogenated alkanes) is 1. The Hall–Kier alpha value is -1.21. The Morgan fingerprint density at radius 3 is 2.23 bits per heavy atom. The minimum absolute atomic E-state index is 0.520. The average molecular weight is 193 g/mol. The van der Waals surface area contributed by atoms with Crippen LogP contribution in [0.25, 0.3) is 0 Å². The van der Waals surface area contributed by atoms with Gasteiger partial charge in [-0.15, -0.1) is 4.91 Å². The van der Waals surface area contributed by atoms with Crippen LogP contribution < -0.4 is 11.5 Å². The molecule has 0 rings (SSSR count). The maximum Gasteiger partial charge on any atom is 0.320 e. The molecule has 0 amide bonds. The first-order chi connectivity index (χ1) is 6.09. The lowest BCUT2D eigenvalue weighted by Gasteiger charge is -2.03. The number of rotatable bonds is 5. The van der Waals surface area contributed by atoms with E-state index in [1.165, 1.54) is 5.34 Å². The van der Waals surface area contributed by atoms with Crippen LogP contribution in [0.3, 0.4) is 0 Å². The maximum absolute atomic E-state index is 10.1. The number of hydrogen-bond acceptors (Lipinski definition) is 5. The Morgan fingerprint density at radius 2 is 1.92 bits per heavy atom. The second kappa shape index (κ2) is 10.8. The quantitative estimate of drug-likeness (QED) is 0.268. The molecule has 0 aromatic heterocycles. The van der Waals surface area contributed by atoms with Crippen LogP contribution in [0.1, 0.15) is 19.3 Å². The molecule has 0 unspecified atom stereocenters. The molecule has 0 aliphatic heterocycles. The lowest BCUT2D eigenvalue weighted by Crippen LogP contribution is -2.29. The smallest absolute Gasteiger partial charge is 0.320 e. The Morgan fingerprint density at radius 1 is 1.46 bits per heavy atom. The molecule has 13 heavy (non-hydrogen) atoms. The van der Waals surface area contributed by atoms with Crippen LogP contribution in [0.15, 0.2) is 5.34 Å². The van der Waals surface area contributed by atoms with Crippen LogP contribution >= 0.6 is 0 Å². The Bertz CT molecular complexity index is 142. The molecule has 0 heterocycles. The van der Waals surface area contributed by atoms with Gasteiger partial charge < -0.3 is 21.8 Å². The molecule has 0 fully saturated rings. The highest BCUT2D eigenvalue weighted by Gasteiger charge is 2.09. The van der Waals surface area contributed by atoms with Crippen molar-refractivity contribution in [2.45, 2.75) is 25.3 Å². The zero-order chi connectivity index (χ0) is 10.7. The van der Waals surface area contributed by atoms with Gasteiger partial charge in [-0.3, -0.25) is 4.79 Å². The molecule has 0 aromatic rings. The number of nitrogens with zero attached hydrogens (tertiary/aromatic N) is 1. The monoisotopic (exact) mass is 193 g/mol. The molecule has 0 aliphatic rings. The van der Waals surface area contributed by atoms with E-state index in [1.807, 2.05) is 0 Å². The van der Waals surface area contributed by atoms with Gasteiger partial charge in [-0.05, 0) is 19.4 Å². The Balaban J connectivity index is 0. The highest BCUT2D eigenvalue weighted by molar-refractivity contribution is 5.72. The molecule has 0 bridgehead atoms. The zero-order valence-electron chi connectivity index (χ0n) is 7.22. The van der Waals surface area contributed by atoms with Crippen molar-refractivity contribution in [3.8, 4) is 0 Å². The second-order valence-electron chi connectivity index (χ2n) is 2.31. The predicted molar refractivity (Wildman–Crippen MR) is 46.1 cm³/mol. The summed E-state index contributed by atoms with van der Waals surface area (Å²) in [5.74, 6) is -0.933. The van der Waals surface area contributed by atoms with Gasteiger partial charge in [0.25, 0.3) is 0 Å². The first kappa shape index (κ1) is 14.3. The lowest BCUT2D eigenvalue weighted by atomic mass is 10.1. The number of nitrogens with two attached hydrogens (primary N) is 2. The van der Waals surface area contributed by atoms with E-state index < -0.39 is 12.0 Å². The van der Waals surface area contributed by atoms with Crippen molar-refractivity contribution in [1.29, 1.82) is 0 Å². The highest BCUT2D eigenvalue weighted by Crippen LogP contribution is 1.96. The Kier molecular flexibility index (Phi) is 11.9. The third-order valence-electron chi connectivity index (χ3n) is 1.29. The molecule has 0 saturated heterocycles. The summed E-state index contributed by atoms with van der Waals surface area (Å²) in [6, 6.07) is -0.716. The summed E-state index contributed by atoms with van der Waals surface area (Å²) in [5, 5.41) is 16.2. The van der Waals surface area contributed by atoms with E-state index >= 15 is 0 Å². The van der Waals surface area contributed by atoms with E-state index in [0.717, 1.165) is 12.8 Å². The van der Waals surface area contributed by atoms with E-state index in [4.69, 9.17) is 26.7 Å². The molecule has 0 saturated carbocycles. The fourth-order valence-electron chi connectivity index (χ4n) is 0.632. The van der Waals surface area contributed by atoms with Crippen LogP contribution in [0.4, 0.5) is 0 Å². The van der Waals surface area contributed by atoms with Crippen molar-refractivity contribution >= 4 is 5.97 Å². The molecule has 0 aliphatic carbocycles. The van der Waals surface area contributed by atoms with Gasteiger partial charge in [0.2, 0.25) is 0 Å². The molecule has 0 spiro atoms. The van der Waals surface area contributed by atoms with Crippen molar-refractivity contribution in [2.24, 2.45) is 16.8 Å².